The van der Waals surface area contributed by atoms with Gasteiger partial charge in [0.15, 0.2) is 5.54 Å². The van der Waals surface area contributed by atoms with E-state index in [9.17, 15) is 14.7 Å². The van der Waals surface area contributed by atoms with Crippen LogP contribution < -0.4 is 0 Å². The topological polar surface area (TPSA) is 76.6 Å². The maximum Gasteiger partial charge on any atom is 0.255 e. The van der Waals surface area contributed by atoms with Crippen LogP contribution in [0.25, 0.3) is 10.9 Å². The van der Waals surface area contributed by atoms with Crippen molar-refractivity contribution < 1.29 is 14.7 Å². The zero-order valence-corrected chi connectivity index (χ0v) is 20.6. The van der Waals surface area contributed by atoms with E-state index in [1.54, 1.807) is 4.90 Å². The van der Waals surface area contributed by atoms with Crippen molar-refractivity contribution in [3.8, 4) is 0 Å². The fraction of sp³-hybridized carbons (Fsp3) is 0.241. The Hall–Kier alpha value is -3.61. The van der Waals surface area contributed by atoms with Gasteiger partial charge in [-0.25, -0.2) is 0 Å². The fourth-order valence-electron chi connectivity index (χ4n) is 5.85. The normalized spacial score (nSPS) is 22.5. The van der Waals surface area contributed by atoms with Gasteiger partial charge in [-0.15, -0.1) is 0 Å². The van der Waals surface area contributed by atoms with Crippen molar-refractivity contribution in [2.24, 2.45) is 0 Å². The quantitative estimate of drug-likeness (QED) is 0.431. The van der Waals surface area contributed by atoms with Gasteiger partial charge in [0.25, 0.3) is 5.91 Å². The average molecular weight is 500 g/mol. The minimum atomic E-state index is -1.22. The van der Waals surface area contributed by atoms with E-state index < -0.39 is 11.6 Å². The number of β-amino-alcohol motifs (C(OH)–C–C–N with tert-alkyl or cyclic N) is 1. The minimum Gasteiger partial charge on any atom is -0.387 e. The third-order valence-corrected chi connectivity index (χ3v) is 8.02. The molecule has 0 aliphatic carbocycles. The number of aromatic nitrogens is 1. The van der Waals surface area contributed by atoms with E-state index in [0.717, 1.165) is 22.0 Å². The SMILES string of the molecule is C[C@]12C(=O)N(CC(O)c3ccccc3)CC(=O)N1CC(c1ccccc1Cl)c1c2[nH]c2ccccc12. The molecule has 3 heterocycles. The van der Waals surface area contributed by atoms with E-state index >= 15 is 0 Å². The maximum atomic E-state index is 14.1. The fourth-order valence-corrected chi connectivity index (χ4v) is 6.12. The Morgan fingerprint density at radius 3 is 2.50 bits per heavy atom. The van der Waals surface area contributed by atoms with Crippen LogP contribution in [-0.2, 0) is 15.1 Å². The lowest BCUT2D eigenvalue weighted by atomic mass is 9.76. The van der Waals surface area contributed by atoms with Crippen LogP contribution in [0, 0.1) is 0 Å². The molecular formula is C29H26ClN3O3. The molecule has 3 atom stereocenters. The first kappa shape index (κ1) is 22.8. The Kier molecular flexibility index (Phi) is 5.39. The molecule has 6 rings (SSSR count). The van der Waals surface area contributed by atoms with Gasteiger partial charge in [0.1, 0.15) is 0 Å². The maximum absolute atomic E-state index is 14.1. The molecule has 36 heavy (non-hydrogen) atoms. The summed E-state index contributed by atoms with van der Waals surface area (Å²) in [6.45, 7) is 2.12. The number of hydrogen-bond donors (Lipinski definition) is 2. The van der Waals surface area contributed by atoms with E-state index in [-0.39, 0.29) is 30.8 Å². The number of carbonyl (C=O) groups excluding carboxylic acids is 2. The monoisotopic (exact) mass is 499 g/mol. The summed E-state index contributed by atoms with van der Waals surface area (Å²) in [7, 11) is 0. The summed E-state index contributed by atoms with van der Waals surface area (Å²) in [6, 6.07) is 24.8. The van der Waals surface area contributed by atoms with Gasteiger partial charge in [-0.05, 0) is 35.7 Å². The Labute approximate surface area is 214 Å². The smallest absolute Gasteiger partial charge is 0.255 e. The van der Waals surface area contributed by atoms with Gasteiger partial charge in [0.05, 0.1) is 24.9 Å². The number of para-hydroxylation sites is 1. The molecule has 2 unspecified atom stereocenters. The molecule has 7 heteroatoms. The Morgan fingerprint density at radius 1 is 1.03 bits per heavy atom. The number of benzene rings is 3. The number of amides is 2. The molecule has 3 aromatic carbocycles. The molecule has 2 N–H and O–H groups in total. The second-order valence-electron chi connectivity index (χ2n) is 9.72. The molecular weight excluding hydrogens is 474 g/mol. The molecule has 1 aromatic heterocycles. The van der Waals surface area contributed by atoms with Crippen LogP contribution in [0.4, 0.5) is 0 Å². The molecule has 4 aromatic rings. The molecule has 2 aliphatic heterocycles. The summed E-state index contributed by atoms with van der Waals surface area (Å²) in [6.07, 6.45) is -0.889. The highest BCUT2D eigenvalue weighted by atomic mass is 35.5. The van der Waals surface area contributed by atoms with Gasteiger partial charge in [-0.2, -0.15) is 0 Å². The number of halogens is 1. The zero-order valence-electron chi connectivity index (χ0n) is 19.8. The molecule has 2 aliphatic rings. The number of hydrogen-bond acceptors (Lipinski definition) is 3. The van der Waals surface area contributed by atoms with Gasteiger partial charge < -0.3 is 19.9 Å². The number of aromatic amines is 1. The highest BCUT2D eigenvalue weighted by Crippen LogP contribution is 2.49. The number of rotatable bonds is 4. The van der Waals surface area contributed by atoms with E-state index in [1.807, 2.05) is 85.8 Å². The third kappa shape index (κ3) is 3.36. The lowest BCUT2D eigenvalue weighted by Gasteiger charge is -2.51. The van der Waals surface area contributed by atoms with Crippen molar-refractivity contribution in [3.05, 3.63) is 106 Å². The van der Waals surface area contributed by atoms with Crippen LogP contribution in [0.2, 0.25) is 5.02 Å². The number of aliphatic hydroxyl groups is 1. The highest BCUT2D eigenvalue weighted by molar-refractivity contribution is 6.31. The van der Waals surface area contributed by atoms with Crippen LogP contribution in [0.15, 0.2) is 78.9 Å². The van der Waals surface area contributed by atoms with E-state index in [2.05, 4.69) is 4.98 Å². The minimum absolute atomic E-state index is 0.0432. The molecule has 0 radical (unpaired) electrons. The van der Waals surface area contributed by atoms with Gasteiger partial charge in [0.2, 0.25) is 5.91 Å². The molecule has 0 spiro atoms. The first-order valence-electron chi connectivity index (χ1n) is 12.1. The Bertz CT molecular complexity index is 1480. The predicted octanol–water partition coefficient (Wildman–Crippen LogP) is 4.59. The second kappa shape index (κ2) is 8.50. The van der Waals surface area contributed by atoms with E-state index in [4.69, 9.17) is 11.6 Å². The molecule has 1 fully saturated rings. The molecule has 182 valence electrons. The van der Waals surface area contributed by atoms with Crippen LogP contribution in [0.3, 0.4) is 0 Å². The number of nitrogens with zero attached hydrogens (tertiary/aromatic N) is 2. The average Bonchev–Trinajstić information content (AvgIpc) is 3.29. The highest BCUT2D eigenvalue weighted by Gasteiger charge is 2.56. The number of fused-ring (bicyclic) bond motifs is 5. The summed E-state index contributed by atoms with van der Waals surface area (Å²) in [5.41, 5.74) is 3.01. The molecule has 2 amide bonds. The summed E-state index contributed by atoms with van der Waals surface area (Å²) >= 11 is 6.64. The lowest BCUT2D eigenvalue weighted by Crippen LogP contribution is -2.67. The van der Waals surface area contributed by atoms with Crippen LogP contribution in [0.5, 0.6) is 0 Å². The van der Waals surface area contributed by atoms with Crippen LogP contribution in [-0.4, -0.2) is 51.3 Å². The number of piperazine rings is 1. The van der Waals surface area contributed by atoms with E-state index in [1.165, 1.54) is 4.90 Å². The van der Waals surface area contributed by atoms with Crippen molar-refractivity contribution in [2.45, 2.75) is 24.5 Å². The van der Waals surface area contributed by atoms with Gasteiger partial charge >= 0.3 is 0 Å². The van der Waals surface area contributed by atoms with Crippen LogP contribution in [0.1, 0.15) is 41.3 Å². The number of nitrogens with one attached hydrogen (secondary N) is 1. The van der Waals surface area contributed by atoms with E-state index in [0.29, 0.717) is 22.8 Å². The predicted molar refractivity (Wildman–Crippen MR) is 139 cm³/mol. The molecule has 0 saturated carbocycles. The standard InChI is InChI=1S/C29H26ClN3O3/c1-29-27-26(20-12-6-8-14-23(20)31-27)21(19-11-5-7-13-22(19)30)15-33(29)25(35)17-32(28(29)36)16-24(34)18-9-3-2-4-10-18/h2-14,21,24,31,34H,15-17H2,1H3/t21?,24?,29-/m0/s1. The van der Waals surface area contributed by atoms with Crippen molar-refractivity contribution in [1.82, 2.24) is 14.8 Å². The number of H-pyrrole nitrogens is 1. The van der Waals surface area contributed by atoms with Crippen LogP contribution >= 0.6 is 11.6 Å². The Balaban J connectivity index is 1.48. The number of aliphatic hydroxyl groups excluding tert-OH is 1. The Morgan fingerprint density at radius 2 is 1.72 bits per heavy atom. The van der Waals surface area contributed by atoms with Crippen molar-refractivity contribution >= 4 is 34.3 Å². The summed E-state index contributed by atoms with van der Waals surface area (Å²) in [5, 5.41) is 12.5. The largest absolute Gasteiger partial charge is 0.387 e. The first-order valence-corrected chi connectivity index (χ1v) is 12.5. The summed E-state index contributed by atoms with van der Waals surface area (Å²) < 4.78 is 0. The molecule has 6 nitrogen and oxygen atoms in total. The summed E-state index contributed by atoms with van der Waals surface area (Å²) in [5.74, 6) is -0.544. The zero-order chi connectivity index (χ0) is 25.0. The van der Waals surface area contributed by atoms with Gasteiger partial charge in [-0.1, -0.05) is 78.3 Å². The second-order valence-corrected chi connectivity index (χ2v) is 10.1. The molecule has 1 saturated heterocycles. The van der Waals surface area contributed by atoms with Gasteiger partial charge in [-0.3, -0.25) is 9.59 Å². The van der Waals surface area contributed by atoms with Crippen molar-refractivity contribution in [2.75, 3.05) is 19.6 Å². The number of carbonyl (C=O) groups is 2. The first-order chi connectivity index (χ1) is 17.4. The third-order valence-electron chi connectivity index (χ3n) is 7.68. The van der Waals surface area contributed by atoms with Crippen molar-refractivity contribution in [1.29, 1.82) is 0 Å². The summed E-state index contributed by atoms with van der Waals surface area (Å²) in [4.78, 5) is 34.4. The van der Waals surface area contributed by atoms with Gasteiger partial charge in [0, 0.05) is 28.4 Å². The van der Waals surface area contributed by atoms with Crippen molar-refractivity contribution in [3.63, 3.8) is 0 Å². The molecule has 0 bridgehead atoms. The lowest BCUT2D eigenvalue weighted by molar-refractivity contribution is -0.167.